The van der Waals surface area contributed by atoms with Crippen LogP contribution in [0.1, 0.15) is 5.56 Å². The number of nitrogens with zero attached hydrogens (tertiary/aromatic N) is 1. The molecule has 0 aliphatic rings. The Labute approximate surface area is 167 Å². The first kappa shape index (κ1) is 19.8. The van der Waals surface area contributed by atoms with E-state index >= 15 is 0 Å². The number of nitrogens with one attached hydrogen (secondary N) is 1. The van der Waals surface area contributed by atoms with Gasteiger partial charge in [0.1, 0.15) is 17.6 Å². The molecule has 3 aromatic rings. The zero-order valence-corrected chi connectivity index (χ0v) is 16.8. The molecule has 1 amide bonds. The van der Waals surface area contributed by atoms with Gasteiger partial charge in [-0.3, -0.25) is 0 Å². The summed E-state index contributed by atoms with van der Waals surface area (Å²) in [7, 11) is 1.54. The van der Waals surface area contributed by atoms with Crippen molar-refractivity contribution < 1.29 is 14.6 Å². The zero-order chi connectivity index (χ0) is 19.1. The largest absolute Gasteiger partial charge is 0.507 e. The van der Waals surface area contributed by atoms with Crippen molar-refractivity contribution >= 4 is 48.7 Å². The molecule has 3 rings (SSSR count). The van der Waals surface area contributed by atoms with Crippen LogP contribution in [0.15, 0.2) is 63.5 Å². The fourth-order valence-electron chi connectivity index (χ4n) is 2.06. The van der Waals surface area contributed by atoms with Gasteiger partial charge in [0.25, 0.3) is 0 Å². The topological polar surface area (TPSA) is 82.3 Å². The van der Waals surface area contributed by atoms with Crippen LogP contribution in [0.5, 0.6) is 11.5 Å². The maximum absolute atomic E-state index is 11.1. The van der Waals surface area contributed by atoms with Crippen molar-refractivity contribution in [3.05, 3.63) is 69.1 Å². The third-order valence-electron chi connectivity index (χ3n) is 3.34. The third-order valence-corrected chi connectivity index (χ3v) is 5.50. The SMILES string of the molecule is CNC(=O)Oc1cccc2ccccc12.N#Cc1ccc(O)c(Br)c1Br. The number of carbonyl (C=O) groups is 1. The smallest absolute Gasteiger partial charge is 0.412 e. The van der Waals surface area contributed by atoms with Crippen molar-refractivity contribution in [3.63, 3.8) is 0 Å². The Morgan fingerprint density at radius 3 is 2.46 bits per heavy atom. The minimum Gasteiger partial charge on any atom is -0.507 e. The Morgan fingerprint density at radius 1 is 1.08 bits per heavy atom. The predicted molar refractivity (Wildman–Crippen MR) is 107 cm³/mol. The number of phenols is 1. The van der Waals surface area contributed by atoms with E-state index in [1.165, 1.54) is 13.1 Å². The van der Waals surface area contributed by atoms with Crippen LogP contribution in [0.25, 0.3) is 10.8 Å². The van der Waals surface area contributed by atoms with Crippen LogP contribution in [0.4, 0.5) is 4.79 Å². The van der Waals surface area contributed by atoms with Crippen molar-refractivity contribution in [3.8, 4) is 17.6 Å². The monoisotopic (exact) mass is 476 g/mol. The molecule has 3 aromatic carbocycles. The quantitative estimate of drug-likeness (QED) is 0.495. The van der Waals surface area contributed by atoms with Crippen LogP contribution < -0.4 is 10.1 Å². The lowest BCUT2D eigenvalue weighted by Gasteiger charge is -2.06. The summed E-state index contributed by atoms with van der Waals surface area (Å²) in [6.07, 6.45) is -0.452. The molecule has 5 nitrogen and oxygen atoms in total. The van der Waals surface area contributed by atoms with Gasteiger partial charge in [-0.1, -0.05) is 36.4 Å². The molecule has 0 unspecified atom stereocenters. The number of fused-ring (bicyclic) bond motifs is 1. The van der Waals surface area contributed by atoms with E-state index in [-0.39, 0.29) is 5.75 Å². The number of ether oxygens (including phenoxy) is 1. The molecule has 132 valence electrons. The Hall–Kier alpha value is -2.56. The highest BCUT2D eigenvalue weighted by Crippen LogP contribution is 2.33. The molecule has 7 heteroatoms. The standard InChI is InChI=1S/C12H11NO2.C7H3Br2NO/c1-13-12(14)15-11-8-4-6-9-5-2-3-7-10(9)11;8-6-4(3-10)1-2-5(11)7(6)9/h2-8H,1H3,(H,13,14);1-2,11H. The van der Waals surface area contributed by atoms with E-state index in [1.807, 2.05) is 42.5 Å². The lowest BCUT2D eigenvalue weighted by atomic mass is 10.1. The molecule has 0 aliphatic heterocycles. The Morgan fingerprint density at radius 2 is 1.77 bits per heavy atom. The number of nitriles is 1. The maximum Gasteiger partial charge on any atom is 0.412 e. The van der Waals surface area contributed by atoms with Gasteiger partial charge < -0.3 is 15.2 Å². The third kappa shape index (κ3) is 4.75. The summed E-state index contributed by atoms with van der Waals surface area (Å²) in [5, 5.41) is 22.1. The highest BCUT2D eigenvalue weighted by Gasteiger charge is 2.07. The number of carbonyl (C=O) groups excluding carboxylic acids is 1. The average Bonchev–Trinajstić information content (AvgIpc) is 2.67. The molecule has 0 saturated heterocycles. The summed E-state index contributed by atoms with van der Waals surface area (Å²) in [5.41, 5.74) is 0.495. The van der Waals surface area contributed by atoms with Gasteiger partial charge in [0.05, 0.1) is 14.5 Å². The fraction of sp³-hybridized carbons (Fsp3) is 0.0526. The van der Waals surface area contributed by atoms with Gasteiger partial charge in [-0.25, -0.2) is 4.79 Å². The van der Waals surface area contributed by atoms with Crippen LogP contribution >= 0.6 is 31.9 Å². The van der Waals surface area contributed by atoms with E-state index in [2.05, 4.69) is 37.2 Å². The summed E-state index contributed by atoms with van der Waals surface area (Å²) in [4.78, 5) is 11.1. The number of hydrogen-bond acceptors (Lipinski definition) is 4. The van der Waals surface area contributed by atoms with Crippen LogP contribution in [0.3, 0.4) is 0 Å². The molecule has 0 heterocycles. The lowest BCUT2D eigenvalue weighted by molar-refractivity contribution is 0.203. The summed E-state index contributed by atoms with van der Waals surface area (Å²) in [6.45, 7) is 0. The van der Waals surface area contributed by atoms with E-state index < -0.39 is 6.09 Å². The molecule has 0 bridgehead atoms. The zero-order valence-electron chi connectivity index (χ0n) is 13.7. The molecule has 2 N–H and O–H groups in total. The number of amides is 1. The van der Waals surface area contributed by atoms with Gasteiger partial charge >= 0.3 is 6.09 Å². The first-order valence-corrected chi connectivity index (χ1v) is 9.01. The van der Waals surface area contributed by atoms with Crippen LogP contribution in [-0.4, -0.2) is 18.2 Å². The number of aromatic hydroxyl groups is 1. The number of phenolic OH excluding ortho intramolecular Hbond substituents is 1. The first-order valence-electron chi connectivity index (χ1n) is 7.42. The van der Waals surface area contributed by atoms with Crippen LogP contribution in [0, 0.1) is 11.3 Å². The molecule has 0 saturated carbocycles. The number of halogens is 2. The molecule has 0 atom stereocenters. The summed E-state index contributed by atoms with van der Waals surface area (Å²) in [5.74, 6) is 0.698. The Kier molecular flexibility index (Phi) is 7.01. The number of benzene rings is 3. The van der Waals surface area contributed by atoms with Crippen molar-refractivity contribution in [2.75, 3.05) is 7.05 Å². The molecular formula is C19H14Br2N2O3. The van der Waals surface area contributed by atoms with Gasteiger partial charge in [-0.15, -0.1) is 0 Å². The summed E-state index contributed by atoms with van der Waals surface area (Å²) in [6, 6.07) is 18.4. The van der Waals surface area contributed by atoms with E-state index in [1.54, 1.807) is 12.1 Å². The van der Waals surface area contributed by atoms with Crippen molar-refractivity contribution in [2.45, 2.75) is 0 Å². The van der Waals surface area contributed by atoms with E-state index in [4.69, 9.17) is 15.1 Å². The second kappa shape index (κ2) is 9.22. The minimum atomic E-state index is -0.452. The first-order chi connectivity index (χ1) is 12.5. The summed E-state index contributed by atoms with van der Waals surface area (Å²) >= 11 is 6.28. The van der Waals surface area contributed by atoms with Gasteiger partial charge in [0, 0.05) is 12.4 Å². The maximum atomic E-state index is 11.1. The Bertz CT molecular complexity index is 979. The van der Waals surface area contributed by atoms with Gasteiger partial charge in [-0.2, -0.15) is 5.26 Å². The van der Waals surface area contributed by atoms with E-state index in [0.29, 0.717) is 20.3 Å². The van der Waals surface area contributed by atoms with Gasteiger partial charge in [0.2, 0.25) is 0 Å². The number of hydrogen-bond donors (Lipinski definition) is 2. The van der Waals surface area contributed by atoms with Crippen molar-refractivity contribution in [2.24, 2.45) is 0 Å². The second-order valence-corrected chi connectivity index (χ2v) is 6.57. The Balaban J connectivity index is 0.000000197. The highest BCUT2D eigenvalue weighted by atomic mass is 79.9. The second-order valence-electron chi connectivity index (χ2n) is 4.99. The molecule has 0 aliphatic carbocycles. The number of rotatable bonds is 1. The van der Waals surface area contributed by atoms with Gasteiger partial charge in [0.15, 0.2) is 0 Å². The summed E-state index contributed by atoms with van der Waals surface area (Å²) < 4.78 is 6.22. The van der Waals surface area contributed by atoms with Crippen molar-refractivity contribution in [1.29, 1.82) is 5.26 Å². The molecular weight excluding hydrogens is 464 g/mol. The molecule has 0 spiro atoms. The molecule has 26 heavy (non-hydrogen) atoms. The lowest BCUT2D eigenvalue weighted by Crippen LogP contribution is -2.22. The highest BCUT2D eigenvalue weighted by molar-refractivity contribution is 9.13. The minimum absolute atomic E-state index is 0.121. The van der Waals surface area contributed by atoms with Crippen molar-refractivity contribution in [1.82, 2.24) is 5.32 Å². The average molecular weight is 478 g/mol. The fourth-order valence-corrected chi connectivity index (χ4v) is 2.83. The van der Waals surface area contributed by atoms with E-state index in [0.717, 1.165) is 10.8 Å². The molecule has 0 radical (unpaired) electrons. The normalized spacial score (nSPS) is 9.62. The van der Waals surface area contributed by atoms with Crippen LogP contribution in [-0.2, 0) is 0 Å². The van der Waals surface area contributed by atoms with Crippen LogP contribution in [0.2, 0.25) is 0 Å². The molecule has 0 aromatic heterocycles. The van der Waals surface area contributed by atoms with E-state index in [9.17, 15) is 4.79 Å². The van der Waals surface area contributed by atoms with Gasteiger partial charge in [-0.05, 0) is 55.4 Å². The molecule has 0 fully saturated rings. The predicted octanol–water partition coefficient (Wildman–Crippen LogP) is 5.35.